The summed E-state index contributed by atoms with van der Waals surface area (Å²) in [5.74, 6) is 0.997. The van der Waals surface area contributed by atoms with Crippen LogP contribution in [0.4, 0.5) is 0 Å². The zero-order valence-electron chi connectivity index (χ0n) is 13.1. The van der Waals surface area contributed by atoms with Gasteiger partial charge in [-0.1, -0.05) is 34.5 Å². The lowest BCUT2D eigenvalue weighted by Crippen LogP contribution is -2.16. The Kier molecular flexibility index (Phi) is 4.19. The maximum absolute atomic E-state index is 12.5. The van der Waals surface area contributed by atoms with E-state index in [1.165, 1.54) is 17.4 Å². The Morgan fingerprint density at radius 2 is 2.00 bits per heavy atom. The van der Waals surface area contributed by atoms with Crippen LogP contribution in [0.1, 0.15) is 17.3 Å². The highest BCUT2D eigenvalue weighted by Gasteiger charge is 2.18. The van der Waals surface area contributed by atoms with E-state index in [1.54, 1.807) is 12.1 Å². The van der Waals surface area contributed by atoms with Gasteiger partial charge in [-0.2, -0.15) is 4.99 Å². The van der Waals surface area contributed by atoms with Gasteiger partial charge in [0.2, 0.25) is 6.79 Å². The van der Waals surface area contributed by atoms with Crippen LogP contribution in [0.5, 0.6) is 11.5 Å². The summed E-state index contributed by atoms with van der Waals surface area (Å²) in [5, 5.41) is 0.757. The van der Waals surface area contributed by atoms with E-state index < -0.39 is 5.91 Å². The molecule has 5 nitrogen and oxygen atoms in total. The van der Waals surface area contributed by atoms with Gasteiger partial charge in [0.1, 0.15) is 0 Å². The van der Waals surface area contributed by atoms with Crippen LogP contribution < -0.4 is 14.3 Å². The third-order valence-electron chi connectivity index (χ3n) is 3.85. The number of carbonyl (C=O) groups is 1. The topological polar surface area (TPSA) is 52.8 Å². The number of hydrogen-bond acceptors (Lipinski definition) is 4. The second-order valence-electron chi connectivity index (χ2n) is 5.34. The monoisotopic (exact) mass is 394 g/mol. The molecule has 0 radical (unpaired) electrons. The number of benzene rings is 2. The van der Waals surface area contributed by atoms with Crippen LogP contribution in [0.3, 0.4) is 0 Å². The Bertz CT molecular complexity index is 1070. The zero-order chi connectivity index (χ0) is 17.6. The molecular weight excluding hydrogens is 383 g/mol. The second-order valence-corrected chi connectivity index (χ2v) is 7.20. The Balaban J connectivity index is 1.85. The van der Waals surface area contributed by atoms with Crippen molar-refractivity contribution in [1.29, 1.82) is 0 Å². The quantitative estimate of drug-likeness (QED) is 0.642. The standard InChI is InChI=1S/C17H12Cl2N2O3S/c1-2-21-12-6-13-14(24-8-23-13)7-15(12)25-17(21)20-16(22)10-4-3-9(18)5-11(10)19/h3-7H,2,8H2,1H3. The van der Waals surface area contributed by atoms with Gasteiger partial charge in [-0.25, -0.2) is 0 Å². The fourth-order valence-corrected chi connectivity index (χ4v) is 4.25. The molecule has 25 heavy (non-hydrogen) atoms. The van der Waals surface area contributed by atoms with Crippen molar-refractivity contribution in [3.63, 3.8) is 0 Å². The minimum absolute atomic E-state index is 0.226. The van der Waals surface area contributed by atoms with Crippen molar-refractivity contribution >= 4 is 50.7 Å². The van der Waals surface area contributed by atoms with Gasteiger partial charge in [0.15, 0.2) is 16.3 Å². The summed E-state index contributed by atoms with van der Waals surface area (Å²) >= 11 is 13.4. The molecule has 0 unspecified atom stereocenters. The van der Waals surface area contributed by atoms with Crippen LogP contribution >= 0.6 is 34.5 Å². The van der Waals surface area contributed by atoms with Gasteiger partial charge in [0, 0.05) is 23.7 Å². The van der Waals surface area contributed by atoms with Crippen LogP contribution in [0.2, 0.25) is 10.0 Å². The average molecular weight is 395 g/mol. The largest absolute Gasteiger partial charge is 0.454 e. The molecule has 0 saturated heterocycles. The van der Waals surface area contributed by atoms with E-state index in [0.717, 1.165) is 10.2 Å². The number of fused-ring (bicyclic) bond motifs is 2. The first-order valence-electron chi connectivity index (χ1n) is 7.54. The summed E-state index contributed by atoms with van der Waals surface area (Å²) in [4.78, 5) is 17.4. The Labute approximate surface area is 157 Å². The van der Waals surface area contributed by atoms with Crippen molar-refractivity contribution in [3.05, 3.63) is 50.7 Å². The molecule has 0 atom stereocenters. The van der Waals surface area contributed by atoms with E-state index in [1.807, 2.05) is 23.6 Å². The number of ether oxygens (including phenoxy) is 2. The van der Waals surface area contributed by atoms with Crippen LogP contribution in [-0.4, -0.2) is 17.3 Å². The zero-order valence-corrected chi connectivity index (χ0v) is 15.4. The van der Waals surface area contributed by atoms with E-state index >= 15 is 0 Å². The fourth-order valence-electron chi connectivity index (χ4n) is 2.66. The van der Waals surface area contributed by atoms with Crippen molar-refractivity contribution in [3.8, 4) is 11.5 Å². The van der Waals surface area contributed by atoms with Crippen LogP contribution in [0.25, 0.3) is 10.2 Å². The minimum Gasteiger partial charge on any atom is -0.454 e. The molecule has 1 aromatic heterocycles. The van der Waals surface area contributed by atoms with E-state index in [9.17, 15) is 4.79 Å². The molecule has 1 aliphatic rings. The van der Waals surface area contributed by atoms with Crippen molar-refractivity contribution in [2.24, 2.45) is 4.99 Å². The highest BCUT2D eigenvalue weighted by atomic mass is 35.5. The Morgan fingerprint density at radius 1 is 1.24 bits per heavy atom. The number of amides is 1. The highest BCUT2D eigenvalue weighted by molar-refractivity contribution is 7.16. The minimum atomic E-state index is -0.407. The van der Waals surface area contributed by atoms with Crippen molar-refractivity contribution in [2.45, 2.75) is 13.5 Å². The van der Waals surface area contributed by atoms with E-state index in [0.29, 0.717) is 33.4 Å². The van der Waals surface area contributed by atoms with E-state index in [4.69, 9.17) is 32.7 Å². The SMILES string of the molecule is CCn1c(=NC(=O)c2ccc(Cl)cc2Cl)sc2cc3c(cc21)OCO3. The molecule has 2 heterocycles. The summed E-state index contributed by atoms with van der Waals surface area (Å²) < 4.78 is 13.8. The predicted molar refractivity (Wildman–Crippen MR) is 98.0 cm³/mol. The number of nitrogens with zero attached hydrogens (tertiary/aromatic N) is 2. The molecule has 1 aliphatic heterocycles. The molecule has 0 fully saturated rings. The third-order valence-corrected chi connectivity index (χ3v) is 5.44. The lowest BCUT2D eigenvalue weighted by atomic mass is 10.2. The summed E-state index contributed by atoms with van der Waals surface area (Å²) in [6.45, 7) is 2.89. The number of halogens is 2. The Hall–Kier alpha value is -2.02. The number of thiazole rings is 1. The van der Waals surface area contributed by atoms with Gasteiger partial charge < -0.3 is 14.0 Å². The van der Waals surface area contributed by atoms with Gasteiger partial charge in [0.05, 0.1) is 20.8 Å². The Morgan fingerprint density at radius 3 is 2.72 bits per heavy atom. The first kappa shape index (κ1) is 16.4. The van der Waals surface area contributed by atoms with Gasteiger partial charge in [-0.15, -0.1) is 0 Å². The summed E-state index contributed by atoms with van der Waals surface area (Å²) in [7, 11) is 0. The average Bonchev–Trinajstić information content (AvgIpc) is 3.15. The summed E-state index contributed by atoms with van der Waals surface area (Å²) in [5.41, 5.74) is 1.27. The molecule has 0 N–H and O–H groups in total. The van der Waals surface area contributed by atoms with Gasteiger partial charge >= 0.3 is 0 Å². The third kappa shape index (κ3) is 2.90. The highest BCUT2D eigenvalue weighted by Crippen LogP contribution is 2.37. The second kappa shape index (κ2) is 6.37. The lowest BCUT2D eigenvalue weighted by Gasteiger charge is -2.02. The van der Waals surface area contributed by atoms with E-state index in [2.05, 4.69) is 4.99 Å². The van der Waals surface area contributed by atoms with Gasteiger partial charge in [-0.3, -0.25) is 4.79 Å². The summed E-state index contributed by atoms with van der Waals surface area (Å²) in [6.07, 6.45) is 0. The fraction of sp³-hybridized carbons (Fsp3) is 0.176. The van der Waals surface area contributed by atoms with Crippen LogP contribution in [0.15, 0.2) is 35.3 Å². The molecule has 8 heteroatoms. The maximum atomic E-state index is 12.5. The first-order chi connectivity index (χ1) is 12.1. The number of rotatable bonds is 2. The van der Waals surface area contributed by atoms with Crippen molar-refractivity contribution in [1.82, 2.24) is 4.57 Å². The molecule has 0 spiro atoms. The number of aryl methyl sites for hydroxylation is 1. The van der Waals surface area contributed by atoms with Crippen molar-refractivity contribution < 1.29 is 14.3 Å². The smallest absolute Gasteiger partial charge is 0.281 e. The molecular formula is C17H12Cl2N2O3S. The molecule has 0 aliphatic carbocycles. The summed E-state index contributed by atoms with van der Waals surface area (Å²) in [6, 6.07) is 8.55. The van der Waals surface area contributed by atoms with Gasteiger partial charge in [-0.05, 0) is 25.1 Å². The van der Waals surface area contributed by atoms with E-state index in [-0.39, 0.29) is 11.8 Å². The molecule has 2 aromatic carbocycles. The molecule has 1 amide bonds. The van der Waals surface area contributed by atoms with Gasteiger partial charge in [0.25, 0.3) is 5.91 Å². The number of carbonyl (C=O) groups excluding carboxylic acids is 1. The lowest BCUT2D eigenvalue weighted by molar-refractivity contribution is 0.0998. The normalized spacial score (nSPS) is 13.6. The molecule has 3 aromatic rings. The molecule has 0 saturated carbocycles. The predicted octanol–water partition coefficient (Wildman–Crippen LogP) is 4.50. The van der Waals surface area contributed by atoms with Crippen LogP contribution in [0, 0.1) is 0 Å². The number of aromatic nitrogens is 1. The number of hydrogen-bond donors (Lipinski definition) is 0. The molecule has 0 bridgehead atoms. The first-order valence-corrected chi connectivity index (χ1v) is 9.11. The molecule has 128 valence electrons. The van der Waals surface area contributed by atoms with Crippen molar-refractivity contribution in [2.75, 3.05) is 6.79 Å². The molecule has 4 rings (SSSR count). The van der Waals surface area contributed by atoms with Crippen LogP contribution in [-0.2, 0) is 6.54 Å². The maximum Gasteiger partial charge on any atom is 0.281 e.